The van der Waals surface area contributed by atoms with Crippen LogP contribution in [0.1, 0.15) is 38.5 Å². The molecule has 37 heavy (non-hydrogen) atoms. The van der Waals surface area contributed by atoms with Crippen LogP contribution in [-0.2, 0) is 19.2 Å². The van der Waals surface area contributed by atoms with Crippen LogP contribution < -0.4 is 15.1 Å². The number of anilines is 4. The van der Waals surface area contributed by atoms with E-state index in [0.29, 0.717) is 35.0 Å². The highest BCUT2D eigenvalue weighted by atomic mass is 16.2. The summed E-state index contributed by atoms with van der Waals surface area (Å²) in [6.07, 6.45) is 6.35. The molecule has 8 atom stereocenters. The Labute approximate surface area is 215 Å². The average molecular weight is 496 g/mol. The summed E-state index contributed by atoms with van der Waals surface area (Å²) in [6.45, 7) is 0. The molecule has 8 unspecified atom stereocenters. The Balaban J connectivity index is 0.972. The summed E-state index contributed by atoms with van der Waals surface area (Å²) in [7, 11) is 0. The second kappa shape index (κ2) is 7.53. The van der Waals surface area contributed by atoms with Gasteiger partial charge in [0.15, 0.2) is 0 Å². The number of hydrogen-bond acceptors (Lipinski definition) is 5. The van der Waals surface area contributed by atoms with E-state index in [1.165, 1.54) is 9.80 Å². The third-order valence-corrected chi connectivity index (χ3v) is 10.4. The number of carbonyl (C=O) groups is 4. The molecule has 4 aliphatic carbocycles. The van der Waals surface area contributed by atoms with E-state index in [1.807, 2.05) is 48.5 Å². The van der Waals surface area contributed by atoms with Gasteiger partial charge in [-0.1, -0.05) is 0 Å². The minimum absolute atomic E-state index is 0.0262. The molecule has 7 heteroatoms. The number of amides is 4. The van der Waals surface area contributed by atoms with E-state index in [1.54, 1.807) is 0 Å². The molecule has 2 heterocycles. The van der Waals surface area contributed by atoms with Crippen molar-refractivity contribution in [2.75, 3.05) is 15.1 Å². The zero-order chi connectivity index (χ0) is 25.0. The number of rotatable bonds is 4. The van der Waals surface area contributed by atoms with Crippen molar-refractivity contribution in [3.8, 4) is 0 Å². The lowest BCUT2D eigenvalue weighted by molar-refractivity contribution is -0.124. The summed E-state index contributed by atoms with van der Waals surface area (Å²) in [5, 5.41) is 3.34. The summed E-state index contributed by atoms with van der Waals surface area (Å²) in [5.74, 6) is 0.924. The highest BCUT2D eigenvalue weighted by molar-refractivity contribution is 6.23. The molecule has 2 aromatic carbocycles. The van der Waals surface area contributed by atoms with Gasteiger partial charge in [-0.3, -0.25) is 29.0 Å². The van der Waals surface area contributed by atoms with E-state index in [-0.39, 0.29) is 47.3 Å². The summed E-state index contributed by atoms with van der Waals surface area (Å²) < 4.78 is 0. The minimum Gasteiger partial charge on any atom is -0.356 e. The lowest BCUT2D eigenvalue weighted by Gasteiger charge is -2.19. The van der Waals surface area contributed by atoms with E-state index in [9.17, 15) is 19.2 Å². The number of imide groups is 2. The second-order valence-electron chi connectivity index (χ2n) is 12.0. The normalized spacial score (nSPS) is 37.2. The number of carbonyl (C=O) groups excluding carboxylic acids is 4. The third kappa shape index (κ3) is 2.88. The van der Waals surface area contributed by atoms with Gasteiger partial charge in [-0.25, -0.2) is 0 Å². The van der Waals surface area contributed by atoms with Gasteiger partial charge in [0.2, 0.25) is 23.6 Å². The number of nitrogens with zero attached hydrogens (tertiary/aromatic N) is 2. The van der Waals surface area contributed by atoms with E-state index >= 15 is 0 Å². The number of fused-ring (bicyclic) bond motifs is 10. The van der Waals surface area contributed by atoms with Crippen LogP contribution in [0.3, 0.4) is 0 Å². The Kier molecular flexibility index (Phi) is 4.39. The lowest BCUT2D eigenvalue weighted by atomic mass is 9.81. The molecule has 6 fully saturated rings. The van der Waals surface area contributed by atoms with E-state index in [2.05, 4.69) is 5.32 Å². The number of hydrogen-bond donors (Lipinski definition) is 1. The highest BCUT2D eigenvalue weighted by Gasteiger charge is 2.62. The summed E-state index contributed by atoms with van der Waals surface area (Å²) in [4.78, 5) is 55.2. The van der Waals surface area contributed by atoms with Crippen molar-refractivity contribution in [2.45, 2.75) is 38.5 Å². The third-order valence-electron chi connectivity index (χ3n) is 10.4. The zero-order valence-electron chi connectivity index (χ0n) is 20.5. The second-order valence-corrected chi connectivity index (χ2v) is 12.0. The molecule has 0 aromatic heterocycles. The fourth-order valence-corrected chi connectivity index (χ4v) is 8.88. The van der Waals surface area contributed by atoms with Gasteiger partial charge in [0.05, 0.1) is 35.0 Å². The number of benzene rings is 2. The van der Waals surface area contributed by atoms with Gasteiger partial charge in [-0.05, 0) is 111 Å². The first-order valence-electron chi connectivity index (χ1n) is 13.7. The first-order chi connectivity index (χ1) is 18.0. The topological polar surface area (TPSA) is 86.8 Å². The zero-order valence-corrected chi connectivity index (χ0v) is 20.5. The maximum absolute atomic E-state index is 13.1. The first kappa shape index (κ1) is 21.6. The van der Waals surface area contributed by atoms with Gasteiger partial charge in [0.1, 0.15) is 0 Å². The quantitative estimate of drug-likeness (QED) is 0.631. The predicted molar refractivity (Wildman–Crippen MR) is 137 cm³/mol. The maximum atomic E-state index is 13.1. The van der Waals surface area contributed by atoms with Crippen molar-refractivity contribution in [1.29, 1.82) is 0 Å². The van der Waals surface area contributed by atoms with Gasteiger partial charge < -0.3 is 5.32 Å². The summed E-state index contributed by atoms with van der Waals surface area (Å²) in [5.41, 5.74) is 2.93. The SMILES string of the molecule is O=C1C2C3CCC(C3)C2C(=O)N1c1ccc(Nc2ccc(N3C(=O)C4C5CCC(C5)C4C3=O)cc2)cc1. The summed E-state index contributed by atoms with van der Waals surface area (Å²) in [6, 6.07) is 14.8. The largest absolute Gasteiger partial charge is 0.356 e. The monoisotopic (exact) mass is 495 g/mol. The highest BCUT2D eigenvalue weighted by Crippen LogP contribution is 2.57. The molecule has 7 nitrogen and oxygen atoms in total. The average Bonchev–Trinajstić information content (AvgIpc) is 3.74. The van der Waals surface area contributed by atoms with Gasteiger partial charge >= 0.3 is 0 Å². The van der Waals surface area contributed by atoms with E-state index < -0.39 is 0 Å². The molecule has 1 N–H and O–H groups in total. The van der Waals surface area contributed by atoms with Crippen LogP contribution in [0.15, 0.2) is 48.5 Å². The molecular weight excluding hydrogens is 466 g/mol. The molecule has 0 radical (unpaired) electrons. The Hall–Kier alpha value is -3.48. The molecule has 188 valence electrons. The van der Waals surface area contributed by atoms with Crippen LogP contribution in [0, 0.1) is 47.3 Å². The maximum Gasteiger partial charge on any atom is 0.237 e. The van der Waals surface area contributed by atoms with Crippen molar-refractivity contribution in [1.82, 2.24) is 0 Å². The Morgan fingerprint density at radius 1 is 0.486 bits per heavy atom. The van der Waals surface area contributed by atoms with Crippen molar-refractivity contribution >= 4 is 46.4 Å². The van der Waals surface area contributed by atoms with Crippen LogP contribution in [0.5, 0.6) is 0 Å². The molecule has 8 rings (SSSR count). The van der Waals surface area contributed by atoms with Crippen molar-refractivity contribution in [3.63, 3.8) is 0 Å². The Morgan fingerprint density at radius 3 is 1.08 bits per heavy atom. The van der Waals surface area contributed by atoms with Gasteiger partial charge in [-0.15, -0.1) is 0 Å². The molecular formula is C30H29N3O4. The van der Waals surface area contributed by atoms with Crippen LogP contribution in [0.4, 0.5) is 22.7 Å². The van der Waals surface area contributed by atoms with Crippen LogP contribution in [0.2, 0.25) is 0 Å². The van der Waals surface area contributed by atoms with Crippen LogP contribution in [0.25, 0.3) is 0 Å². The lowest BCUT2D eigenvalue weighted by Crippen LogP contribution is -2.32. The van der Waals surface area contributed by atoms with E-state index in [0.717, 1.165) is 49.9 Å². The smallest absolute Gasteiger partial charge is 0.237 e. The first-order valence-corrected chi connectivity index (χ1v) is 13.7. The number of nitrogens with one attached hydrogen (secondary N) is 1. The van der Waals surface area contributed by atoms with Crippen LogP contribution >= 0.6 is 0 Å². The molecule has 2 aliphatic heterocycles. The van der Waals surface area contributed by atoms with Gasteiger partial charge in [0, 0.05) is 11.4 Å². The fourth-order valence-electron chi connectivity index (χ4n) is 8.88. The molecule has 6 aliphatic rings. The van der Waals surface area contributed by atoms with Crippen molar-refractivity contribution < 1.29 is 19.2 Å². The molecule has 4 saturated carbocycles. The summed E-state index contributed by atoms with van der Waals surface area (Å²) >= 11 is 0. The molecule has 0 spiro atoms. The minimum atomic E-state index is -0.119. The molecule has 4 bridgehead atoms. The van der Waals surface area contributed by atoms with Gasteiger partial charge in [0.25, 0.3) is 0 Å². The predicted octanol–water partition coefficient (Wildman–Crippen LogP) is 4.50. The molecule has 2 saturated heterocycles. The van der Waals surface area contributed by atoms with Crippen molar-refractivity contribution in [2.24, 2.45) is 47.3 Å². The Bertz CT molecular complexity index is 1190. The molecule has 2 aromatic rings. The Morgan fingerprint density at radius 2 is 0.784 bits per heavy atom. The molecule has 4 amide bonds. The van der Waals surface area contributed by atoms with E-state index in [4.69, 9.17) is 0 Å². The fraction of sp³-hybridized carbons (Fsp3) is 0.467. The van der Waals surface area contributed by atoms with Crippen molar-refractivity contribution in [3.05, 3.63) is 48.5 Å². The standard InChI is InChI=1S/C30H29N3O4/c34-27-23-15-1-2-16(13-15)24(23)28(35)32(27)21-9-5-19(6-10-21)31-20-7-11-22(12-8-20)33-29(36)25-17-3-4-18(14-17)26(25)30(33)37/h5-12,15-18,23-26,31H,1-4,13-14H2. The van der Waals surface area contributed by atoms with Gasteiger partial charge in [-0.2, -0.15) is 0 Å². The van der Waals surface area contributed by atoms with Crippen LogP contribution in [-0.4, -0.2) is 23.6 Å².